The van der Waals surface area contributed by atoms with E-state index in [0.29, 0.717) is 36.7 Å². The number of carbonyl (C=O) groups excluding carboxylic acids is 2. The molecule has 0 bridgehead atoms. The molecule has 2 aromatic heterocycles. The van der Waals surface area contributed by atoms with Crippen molar-refractivity contribution >= 4 is 50.4 Å². The lowest BCUT2D eigenvalue weighted by Gasteiger charge is -2.34. The van der Waals surface area contributed by atoms with E-state index in [1.165, 1.54) is 35.6 Å². The van der Waals surface area contributed by atoms with Gasteiger partial charge in [-0.25, -0.2) is 9.37 Å². The van der Waals surface area contributed by atoms with Crippen LogP contribution in [-0.4, -0.2) is 59.3 Å². The zero-order valence-corrected chi connectivity index (χ0v) is 19.3. The van der Waals surface area contributed by atoms with Gasteiger partial charge in [0.25, 0.3) is 5.91 Å². The van der Waals surface area contributed by atoms with E-state index >= 15 is 0 Å². The lowest BCUT2D eigenvalue weighted by atomic mass is 10.2. The van der Waals surface area contributed by atoms with Gasteiger partial charge in [0, 0.05) is 31.9 Å². The number of anilines is 1. The second kappa shape index (κ2) is 9.38. The number of benzene rings is 2. The van der Waals surface area contributed by atoms with Crippen LogP contribution in [-0.2, 0) is 4.79 Å². The molecule has 1 N–H and O–H groups in total. The molecule has 3 heterocycles. The maximum Gasteiger partial charge on any atom is 0.264 e. The van der Waals surface area contributed by atoms with Gasteiger partial charge in [0.2, 0.25) is 5.91 Å². The number of aromatic nitrogens is 1. The number of amides is 2. The standard InChI is InChI=1S/C24H21FN4O2S2/c25-16-5-7-17(8-6-16)26-22(30)15-28-11-13-29(14-12-28)24(31)21-10-9-20(32-21)23-27-18-3-1-2-4-19(18)33-23/h1-10H,11-15H2,(H,26,30). The molecular weight excluding hydrogens is 459 g/mol. The predicted molar refractivity (Wildman–Crippen MR) is 130 cm³/mol. The zero-order valence-electron chi connectivity index (χ0n) is 17.7. The van der Waals surface area contributed by atoms with Crippen molar-refractivity contribution in [2.45, 2.75) is 0 Å². The van der Waals surface area contributed by atoms with E-state index in [1.807, 2.05) is 40.1 Å². The summed E-state index contributed by atoms with van der Waals surface area (Å²) in [6.07, 6.45) is 0. The van der Waals surface area contributed by atoms with Gasteiger partial charge in [-0.15, -0.1) is 22.7 Å². The van der Waals surface area contributed by atoms with Crippen molar-refractivity contribution in [2.24, 2.45) is 0 Å². The van der Waals surface area contributed by atoms with Crippen LogP contribution in [0.2, 0.25) is 0 Å². The summed E-state index contributed by atoms with van der Waals surface area (Å²) in [7, 11) is 0. The first-order chi connectivity index (χ1) is 16.0. The van der Waals surface area contributed by atoms with Crippen LogP contribution in [0.25, 0.3) is 20.1 Å². The molecule has 0 unspecified atom stereocenters. The minimum absolute atomic E-state index is 0.0165. The molecule has 5 rings (SSSR count). The van der Waals surface area contributed by atoms with E-state index in [9.17, 15) is 14.0 Å². The average molecular weight is 481 g/mol. The van der Waals surface area contributed by atoms with Gasteiger partial charge in [-0.2, -0.15) is 0 Å². The molecule has 0 aliphatic carbocycles. The quantitative estimate of drug-likeness (QED) is 0.455. The third kappa shape index (κ3) is 4.95. The van der Waals surface area contributed by atoms with Crippen LogP contribution in [0.3, 0.4) is 0 Å². The van der Waals surface area contributed by atoms with Gasteiger partial charge in [0.15, 0.2) is 0 Å². The highest BCUT2D eigenvalue weighted by Crippen LogP contribution is 2.34. The second-order valence-electron chi connectivity index (χ2n) is 7.77. The van der Waals surface area contributed by atoms with E-state index in [-0.39, 0.29) is 24.2 Å². The number of halogens is 1. The summed E-state index contributed by atoms with van der Waals surface area (Å²) < 4.78 is 14.1. The van der Waals surface area contributed by atoms with Crippen molar-refractivity contribution in [1.29, 1.82) is 0 Å². The zero-order chi connectivity index (χ0) is 22.8. The highest BCUT2D eigenvalue weighted by atomic mass is 32.1. The Morgan fingerprint density at radius 2 is 1.70 bits per heavy atom. The number of hydrogen-bond donors (Lipinski definition) is 1. The summed E-state index contributed by atoms with van der Waals surface area (Å²) in [5, 5.41) is 3.70. The van der Waals surface area contributed by atoms with Gasteiger partial charge in [-0.1, -0.05) is 12.1 Å². The summed E-state index contributed by atoms with van der Waals surface area (Å²) in [6.45, 7) is 2.62. The first-order valence-corrected chi connectivity index (χ1v) is 12.2. The van der Waals surface area contributed by atoms with Gasteiger partial charge < -0.3 is 10.2 Å². The number of hydrogen-bond acceptors (Lipinski definition) is 6. The fourth-order valence-corrected chi connectivity index (χ4v) is 5.74. The van der Waals surface area contributed by atoms with Gasteiger partial charge in [-0.05, 0) is 48.5 Å². The van der Waals surface area contributed by atoms with E-state index in [4.69, 9.17) is 0 Å². The number of nitrogens with zero attached hydrogens (tertiary/aromatic N) is 3. The molecule has 168 valence electrons. The van der Waals surface area contributed by atoms with Crippen LogP contribution in [0.1, 0.15) is 9.67 Å². The van der Waals surface area contributed by atoms with Crippen molar-refractivity contribution in [3.05, 3.63) is 71.4 Å². The van der Waals surface area contributed by atoms with Crippen LogP contribution in [0.15, 0.2) is 60.7 Å². The van der Waals surface area contributed by atoms with Crippen LogP contribution in [0.5, 0.6) is 0 Å². The van der Waals surface area contributed by atoms with E-state index in [0.717, 1.165) is 20.1 Å². The lowest BCUT2D eigenvalue weighted by molar-refractivity contribution is -0.117. The normalized spacial score (nSPS) is 14.5. The predicted octanol–water partition coefficient (Wildman–Crippen LogP) is 4.56. The molecule has 1 saturated heterocycles. The SMILES string of the molecule is O=C(CN1CCN(C(=O)c2ccc(-c3nc4ccccc4s3)s2)CC1)Nc1ccc(F)cc1. The Hall–Kier alpha value is -3.14. The fourth-order valence-electron chi connectivity index (χ4n) is 3.75. The van der Waals surface area contributed by atoms with Gasteiger partial charge in [0.1, 0.15) is 10.8 Å². The minimum Gasteiger partial charge on any atom is -0.335 e. The number of para-hydroxylation sites is 1. The van der Waals surface area contributed by atoms with Crippen molar-refractivity contribution < 1.29 is 14.0 Å². The maximum atomic E-state index is 13.0. The Morgan fingerprint density at radius 1 is 0.939 bits per heavy atom. The molecule has 4 aromatic rings. The smallest absolute Gasteiger partial charge is 0.264 e. The number of piperazine rings is 1. The third-order valence-electron chi connectivity index (χ3n) is 5.48. The van der Waals surface area contributed by atoms with Crippen molar-refractivity contribution in [1.82, 2.24) is 14.8 Å². The van der Waals surface area contributed by atoms with Crippen molar-refractivity contribution in [3.63, 3.8) is 0 Å². The number of nitrogens with one attached hydrogen (secondary N) is 1. The Labute approximate surface area is 198 Å². The highest BCUT2D eigenvalue weighted by Gasteiger charge is 2.24. The van der Waals surface area contributed by atoms with Crippen LogP contribution >= 0.6 is 22.7 Å². The van der Waals surface area contributed by atoms with E-state index in [1.54, 1.807) is 11.3 Å². The average Bonchev–Trinajstić information content (AvgIpc) is 3.48. The summed E-state index contributed by atoms with van der Waals surface area (Å²) in [5.74, 6) is -0.477. The third-order valence-corrected chi connectivity index (χ3v) is 7.76. The molecule has 33 heavy (non-hydrogen) atoms. The van der Waals surface area contributed by atoms with Crippen molar-refractivity contribution in [2.75, 3.05) is 38.0 Å². The van der Waals surface area contributed by atoms with Crippen LogP contribution < -0.4 is 5.32 Å². The van der Waals surface area contributed by atoms with E-state index in [2.05, 4.69) is 16.4 Å². The number of fused-ring (bicyclic) bond motifs is 1. The molecule has 0 saturated carbocycles. The van der Waals surface area contributed by atoms with E-state index < -0.39 is 0 Å². The number of thiazole rings is 1. The molecule has 0 atom stereocenters. The lowest BCUT2D eigenvalue weighted by Crippen LogP contribution is -2.50. The molecule has 6 nitrogen and oxygen atoms in total. The molecule has 0 spiro atoms. The Kier molecular flexibility index (Phi) is 6.17. The summed E-state index contributed by atoms with van der Waals surface area (Å²) >= 11 is 3.10. The molecule has 2 aromatic carbocycles. The second-order valence-corrected chi connectivity index (χ2v) is 9.89. The maximum absolute atomic E-state index is 13.0. The largest absolute Gasteiger partial charge is 0.335 e. The molecule has 1 fully saturated rings. The number of thiophene rings is 1. The topological polar surface area (TPSA) is 65.5 Å². The molecule has 0 radical (unpaired) electrons. The summed E-state index contributed by atoms with van der Waals surface area (Å²) in [4.78, 5) is 35.5. The Bertz CT molecular complexity index is 1260. The Balaban J connectivity index is 1.15. The molecule has 2 amide bonds. The molecular formula is C24H21FN4O2S2. The number of rotatable bonds is 5. The van der Waals surface area contributed by atoms with Gasteiger partial charge in [-0.3, -0.25) is 14.5 Å². The van der Waals surface area contributed by atoms with Crippen LogP contribution in [0, 0.1) is 5.82 Å². The van der Waals surface area contributed by atoms with Crippen LogP contribution in [0.4, 0.5) is 10.1 Å². The Morgan fingerprint density at radius 3 is 2.45 bits per heavy atom. The fraction of sp³-hybridized carbons (Fsp3) is 0.208. The summed E-state index contributed by atoms with van der Waals surface area (Å²) in [5.41, 5.74) is 1.54. The first-order valence-electron chi connectivity index (χ1n) is 10.6. The first kappa shape index (κ1) is 21.7. The summed E-state index contributed by atoms with van der Waals surface area (Å²) in [6, 6.07) is 17.5. The molecule has 9 heteroatoms. The van der Waals surface area contributed by atoms with Gasteiger partial charge >= 0.3 is 0 Å². The minimum atomic E-state index is -0.341. The molecule has 1 aliphatic heterocycles. The van der Waals surface area contributed by atoms with Crippen molar-refractivity contribution in [3.8, 4) is 9.88 Å². The monoisotopic (exact) mass is 480 g/mol. The highest BCUT2D eigenvalue weighted by molar-refractivity contribution is 7.26. The van der Waals surface area contributed by atoms with Gasteiger partial charge in [0.05, 0.1) is 26.5 Å². The number of carbonyl (C=O) groups is 2. The molecule has 1 aliphatic rings.